The summed E-state index contributed by atoms with van der Waals surface area (Å²) in [6.07, 6.45) is 0. The van der Waals surface area contributed by atoms with Crippen LogP contribution in [0.2, 0.25) is 5.02 Å². The van der Waals surface area contributed by atoms with Crippen LogP contribution in [-0.2, 0) is 9.59 Å². The quantitative estimate of drug-likeness (QED) is 0.687. The number of likely N-dealkylation sites (N-methyl/N-ethyl adjacent to an activating group) is 1. The van der Waals surface area contributed by atoms with Crippen molar-refractivity contribution in [3.8, 4) is 11.5 Å². The lowest BCUT2D eigenvalue weighted by atomic mass is 10.0. The molecule has 0 aliphatic carbocycles. The van der Waals surface area contributed by atoms with E-state index in [1.54, 1.807) is 24.3 Å². The molecule has 9 heteroatoms. The van der Waals surface area contributed by atoms with Crippen molar-refractivity contribution in [3.05, 3.63) is 53.1 Å². The molecule has 8 nitrogen and oxygen atoms in total. The Kier molecular flexibility index (Phi) is 6.60. The number of nitrogens with one attached hydrogen (secondary N) is 2. The van der Waals surface area contributed by atoms with Crippen LogP contribution in [0.1, 0.15) is 11.6 Å². The van der Waals surface area contributed by atoms with Gasteiger partial charge in [0.05, 0.1) is 6.04 Å². The zero-order chi connectivity index (χ0) is 21.8. The van der Waals surface area contributed by atoms with E-state index in [2.05, 4.69) is 27.5 Å². The van der Waals surface area contributed by atoms with Crippen LogP contribution in [-0.4, -0.2) is 68.2 Å². The maximum atomic E-state index is 12.5. The topological polar surface area (TPSA) is 83.1 Å². The number of rotatable bonds is 5. The second-order valence-corrected chi connectivity index (χ2v) is 8.08. The third-order valence-corrected chi connectivity index (χ3v) is 5.74. The standard InChI is InChI=1S/C22H25ClN4O4/c1-26-7-9-27(10-8-26)18(15-5-6-19-20(11-15)31-14-30-19)13-24-21(28)22(29)25-17-4-2-3-16(23)12-17/h2-6,11-12,18H,7-10,13-14H2,1H3,(H,24,28)(H,25,29)/t18-/m0/s1. The van der Waals surface area contributed by atoms with Crippen molar-refractivity contribution >= 4 is 29.1 Å². The zero-order valence-corrected chi connectivity index (χ0v) is 18.0. The van der Waals surface area contributed by atoms with E-state index in [1.165, 1.54) is 0 Å². The first-order valence-electron chi connectivity index (χ1n) is 10.2. The normalized spacial score (nSPS) is 17.2. The van der Waals surface area contributed by atoms with Crippen LogP contribution in [0.15, 0.2) is 42.5 Å². The second kappa shape index (κ2) is 9.55. The van der Waals surface area contributed by atoms with Gasteiger partial charge in [-0.15, -0.1) is 0 Å². The first-order chi connectivity index (χ1) is 15.0. The van der Waals surface area contributed by atoms with Crippen molar-refractivity contribution in [1.29, 1.82) is 0 Å². The third-order valence-electron chi connectivity index (χ3n) is 5.50. The monoisotopic (exact) mass is 444 g/mol. The first kappa shape index (κ1) is 21.4. The Balaban J connectivity index is 1.44. The fourth-order valence-electron chi connectivity index (χ4n) is 3.74. The van der Waals surface area contributed by atoms with Crippen molar-refractivity contribution in [2.75, 3.05) is 51.9 Å². The molecule has 1 saturated heterocycles. The Morgan fingerprint density at radius 3 is 2.58 bits per heavy atom. The van der Waals surface area contributed by atoms with E-state index in [4.69, 9.17) is 21.1 Å². The van der Waals surface area contributed by atoms with E-state index in [1.807, 2.05) is 18.2 Å². The van der Waals surface area contributed by atoms with E-state index in [9.17, 15) is 9.59 Å². The SMILES string of the molecule is CN1CCN([C@@H](CNC(=O)C(=O)Nc2cccc(Cl)c2)c2ccc3c(c2)OCO3)CC1. The van der Waals surface area contributed by atoms with E-state index in [0.29, 0.717) is 28.8 Å². The largest absolute Gasteiger partial charge is 0.454 e. The van der Waals surface area contributed by atoms with Gasteiger partial charge in [0, 0.05) is 43.4 Å². The highest BCUT2D eigenvalue weighted by molar-refractivity contribution is 6.39. The lowest BCUT2D eigenvalue weighted by molar-refractivity contribution is -0.136. The smallest absolute Gasteiger partial charge is 0.313 e. The lowest BCUT2D eigenvalue weighted by Gasteiger charge is -2.38. The molecule has 0 saturated carbocycles. The molecule has 2 aromatic carbocycles. The van der Waals surface area contributed by atoms with Crippen molar-refractivity contribution in [2.24, 2.45) is 0 Å². The summed E-state index contributed by atoms with van der Waals surface area (Å²) in [5.74, 6) is -0.0163. The minimum absolute atomic E-state index is 0.0916. The summed E-state index contributed by atoms with van der Waals surface area (Å²) >= 11 is 5.94. The van der Waals surface area contributed by atoms with Crippen molar-refractivity contribution in [1.82, 2.24) is 15.1 Å². The van der Waals surface area contributed by atoms with Crippen LogP contribution in [0.4, 0.5) is 5.69 Å². The van der Waals surface area contributed by atoms with Gasteiger partial charge in [-0.1, -0.05) is 23.7 Å². The van der Waals surface area contributed by atoms with Gasteiger partial charge in [0.1, 0.15) is 0 Å². The van der Waals surface area contributed by atoms with Crippen molar-refractivity contribution in [3.63, 3.8) is 0 Å². The van der Waals surface area contributed by atoms with E-state index in [0.717, 1.165) is 31.7 Å². The van der Waals surface area contributed by atoms with Gasteiger partial charge in [-0.05, 0) is 42.9 Å². The predicted molar refractivity (Wildman–Crippen MR) is 117 cm³/mol. The molecule has 2 N–H and O–H groups in total. The first-order valence-corrected chi connectivity index (χ1v) is 10.5. The number of hydrogen-bond acceptors (Lipinski definition) is 6. The molecule has 0 spiro atoms. The number of piperazine rings is 1. The molecular formula is C22H25ClN4O4. The molecule has 1 fully saturated rings. The molecule has 1 atom stereocenters. The number of fused-ring (bicyclic) bond motifs is 1. The van der Waals surface area contributed by atoms with E-state index < -0.39 is 11.8 Å². The fraction of sp³-hybridized carbons (Fsp3) is 0.364. The summed E-state index contributed by atoms with van der Waals surface area (Å²) in [4.78, 5) is 29.4. The van der Waals surface area contributed by atoms with Crippen molar-refractivity contribution in [2.45, 2.75) is 6.04 Å². The molecule has 164 valence electrons. The molecule has 0 unspecified atom stereocenters. The fourth-order valence-corrected chi connectivity index (χ4v) is 3.93. The highest BCUT2D eigenvalue weighted by Crippen LogP contribution is 2.35. The molecular weight excluding hydrogens is 420 g/mol. The molecule has 0 aromatic heterocycles. The highest BCUT2D eigenvalue weighted by atomic mass is 35.5. The average Bonchev–Trinajstić information content (AvgIpc) is 3.23. The second-order valence-electron chi connectivity index (χ2n) is 7.64. The van der Waals surface area contributed by atoms with Gasteiger partial charge in [0.2, 0.25) is 6.79 Å². The van der Waals surface area contributed by atoms with Gasteiger partial charge in [-0.2, -0.15) is 0 Å². The summed E-state index contributed by atoms with van der Waals surface area (Å²) in [5.41, 5.74) is 1.48. The summed E-state index contributed by atoms with van der Waals surface area (Å²) in [5, 5.41) is 5.84. The Hall–Kier alpha value is -2.81. The van der Waals surface area contributed by atoms with Crippen LogP contribution in [0.25, 0.3) is 0 Å². The number of carbonyl (C=O) groups excluding carboxylic acids is 2. The van der Waals surface area contributed by atoms with Gasteiger partial charge >= 0.3 is 11.8 Å². The summed E-state index contributed by atoms with van der Waals surface area (Å²) in [6, 6.07) is 12.4. The van der Waals surface area contributed by atoms with Gasteiger partial charge in [0.25, 0.3) is 0 Å². The van der Waals surface area contributed by atoms with Gasteiger partial charge in [0.15, 0.2) is 11.5 Å². The Bertz CT molecular complexity index is 962. The maximum absolute atomic E-state index is 12.5. The minimum Gasteiger partial charge on any atom is -0.454 e. The Morgan fingerprint density at radius 1 is 1.03 bits per heavy atom. The molecule has 2 aliphatic rings. The summed E-state index contributed by atoms with van der Waals surface area (Å²) in [7, 11) is 2.09. The number of nitrogens with zero attached hydrogens (tertiary/aromatic N) is 2. The average molecular weight is 445 g/mol. The Morgan fingerprint density at radius 2 is 1.81 bits per heavy atom. The molecule has 2 aliphatic heterocycles. The van der Waals surface area contributed by atoms with E-state index >= 15 is 0 Å². The Labute approximate surface area is 186 Å². The van der Waals surface area contributed by atoms with Gasteiger partial charge in [-0.3, -0.25) is 14.5 Å². The summed E-state index contributed by atoms with van der Waals surface area (Å²) < 4.78 is 10.9. The molecule has 0 bridgehead atoms. The third kappa shape index (κ3) is 5.28. The summed E-state index contributed by atoms with van der Waals surface area (Å²) in [6.45, 7) is 4.10. The number of carbonyl (C=O) groups is 2. The number of benzene rings is 2. The number of anilines is 1. The van der Waals surface area contributed by atoms with Crippen LogP contribution >= 0.6 is 11.6 Å². The van der Waals surface area contributed by atoms with Crippen LogP contribution in [0, 0.1) is 0 Å². The highest BCUT2D eigenvalue weighted by Gasteiger charge is 2.27. The number of amides is 2. The van der Waals surface area contributed by atoms with Crippen molar-refractivity contribution < 1.29 is 19.1 Å². The number of hydrogen-bond donors (Lipinski definition) is 2. The molecule has 2 aromatic rings. The van der Waals surface area contributed by atoms with E-state index in [-0.39, 0.29) is 12.8 Å². The van der Waals surface area contributed by atoms with Gasteiger partial charge in [-0.25, -0.2) is 0 Å². The lowest BCUT2D eigenvalue weighted by Crippen LogP contribution is -2.49. The molecule has 0 radical (unpaired) electrons. The minimum atomic E-state index is -0.731. The zero-order valence-electron chi connectivity index (χ0n) is 17.3. The van der Waals surface area contributed by atoms with Crippen LogP contribution in [0.5, 0.6) is 11.5 Å². The predicted octanol–water partition coefficient (Wildman–Crippen LogP) is 2.11. The van der Waals surface area contributed by atoms with Crippen LogP contribution < -0.4 is 20.1 Å². The number of halogens is 1. The maximum Gasteiger partial charge on any atom is 0.313 e. The van der Waals surface area contributed by atoms with Gasteiger partial charge < -0.3 is 25.0 Å². The molecule has 31 heavy (non-hydrogen) atoms. The molecule has 4 rings (SSSR count). The van der Waals surface area contributed by atoms with Crippen LogP contribution in [0.3, 0.4) is 0 Å². The molecule has 2 heterocycles. The number of ether oxygens (including phenoxy) is 2. The molecule has 2 amide bonds.